The second-order valence-corrected chi connectivity index (χ2v) is 6.28. The number of hydrogen-bond acceptors (Lipinski definition) is 5. The number of nitrogens with zero attached hydrogens (tertiary/aromatic N) is 2. The minimum atomic E-state index is -0.163. The van der Waals surface area contributed by atoms with Crippen molar-refractivity contribution in [1.82, 2.24) is 14.9 Å². The van der Waals surface area contributed by atoms with Crippen LogP contribution in [0.1, 0.15) is 33.5 Å². The summed E-state index contributed by atoms with van der Waals surface area (Å²) in [5.41, 5.74) is 0.448. The molecule has 0 aliphatic carbocycles. The molecule has 0 aliphatic heterocycles. The number of rotatable bonds is 7. The van der Waals surface area contributed by atoms with E-state index in [1.165, 1.54) is 0 Å². The number of fused-ring (bicyclic) bond motifs is 1. The Labute approximate surface area is 142 Å². The summed E-state index contributed by atoms with van der Waals surface area (Å²) in [6, 6.07) is 3.81. The van der Waals surface area contributed by atoms with Crippen molar-refractivity contribution in [3.63, 3.8) is 0 Å². The van der Waals surface area contributed by atoms with Gasteiger partial charge in [0.05, 0.1) is 31.7 Å². The van der Waals surface area contributed by atoms with E-state index in [2.05, 4.69) is 42.6 Å². The van der Waals surface area contributed by atoms with Crippen LogP contribution in [0.25, 0.3) is 10.9 Å². The maximum atomic E-state index is 12.4. The van der Waals surface area contributed by atoms with Gasteiger partial charge in [0.2, 0.25) is 0 Å². The molecule has 0 amide bonds. The van der Waals surface area contributed by atoms with E-state index in [1.807, 2.05) is 0 Å². The number of aromatic amines is 1. The van der Waals surface area contributed by atoms with E-state index in [1.54, 1.807) is 26.4 Å². The lowest BCUT2D eigenvalue weighted by Crippen LogP contribution is -2.37. The van der Waals surface area contributed by atoms with Crippen molar-refractivity contribution in [2.24, 2.45) is 5.92 Å². The van der Waals surface area contributed by atoms with Crippen LogP contribution in [0.4, 0.5) is 0 Å². The van der Waals surface area contributed by atoms with Crippen molar-refractivity contribution >= 4 is 10.9 Å². The van der Waals surface area contributed by atoms with Gasteiger partial charge in [-0.05, 0) is 25.5 Å². The fourth-order valence-electron chi connectivity index (χ4n) is 2.75. The molecule has 2 aromatic rings. The third-order valence-electron chi connectivity index (χ3n) is 4.56. The first-order valence-corrected chi connectivity index (χ1v) is 8.30. The number of benzene rings is 1. The average Bonchev–Trinajstić information content (AvgIpc) is 2.57. The van der Waals surface area contributed by atoms with Crippen LogP contribution in [-0.2, 0) is 6.54 Å². The molecule has 0 unspecified atom stereocenters. The maximum Gasteiger partial charge on any atom is 0.258 e. The quantitative estimate of drug-likeness (QED) is 0.844. The average molecular weight is 333 g/mol. The fourth-order valence-corrected chi connectivity index (χ4v) is 2.75. The minimum Gasteiger partial charge on any atom is -0.493 e. The molecule has 0 fully saturated rings. The highest BCUT2D eigenvalue weighted by molar-refractivity contribution is 5.81. The van der Waals surface area contributed by atoms with Gasteiger partial charge in [-0.1, -0.05) is 20.8 Å². The third kappa shape index (κ3) is 3.70. The summed E-state index contributed by atoms with van der Waals surface area (Å²) in [6.45, 7) is 10.2. The molecule has 0 bridgehead atoms. The first kappa shape index (κ1) is 18.3. The molecule has 1 aromatic carbocycles. The van der Waals surface area contributed by atoms with Gasteiger partial charge in [0.25, 0.3) is 5.56 Å². The van der Waals surface area contributed by atoms with E-state index in [0.717, 1.165) is 6.54 Å². The molecular formula is C18H27N3O3. The molecule has 0 saturated heterocycles. The molecule has 24 heavy (non-hydrogen) atoms. The highest BCUT2D eigenvalue weighted by Crippen LogP contribution is 2.30. The standard InChI is InChI=1S/C18H27N3O3/c1-7-21(12(4)11(2)3)10-17-19-14-9-16(24-6)15(23-5)8-13(14)18(22)20-17/h8-9,11-12H,7,10H2,1-6H3,(H,19,20,22)/t12-/m1/s1. The summed E-state index contributed by atoms with van der Waals surface area (Å²) >= 11 is 0. The van der Waals surface area contributed by atoms with Crippen LogP contribution in [0, 0.1) is 5.92 Å². The van der Waals surface area contributed by atoms with Crippen LogP contribution in [0.3, 0.4) is 0 Å². The number of hydrogen-bond donors (Lipinski definition) is 1. The van der Waals surface area contributed by atoms with Crippen molar-refractivity contribution in [1.29, 1.82) is 0 Å². The lowest BCUT2D eigenvalue weighted by atomic mass is 10.0. The van der Waals surface area contributed by atoms with Gasteiger partial charge in [-0.3, -0.25) is 9.69 Å². The fraction of sp³-hybridized carbons (Fsp3) is 0.556. The summed E-state index contributed by atoms with van der Waals surface area (Å²) < 4.78 is 10.6. The van der Waals surface area contributed by atoms with Gasteiger partial charge in [-0.25, -0.2) is 4.98 Å². The van der Waals surface area contributed by atoms with E-state index >= 15 is 0 Å². The Morgan fingerprint density at radius 1 is 1.17 bits per heavy atom. The van der Waals surface area contributed by atoms with Crippen LogP contribution < -0.4 is 15.0 Å². The number of H-pyrrole nitrogens is 1. The van der Waals surface area contributed by atoms with Crippen molar-refractivity contribution < 1.29 is 9.47 Å². The normalized spacial score (nSPS) is 12.8. The van der Waals surface area contributed by atoms with Gasteiger partial charge in [0.15, 0.2) is 11.5 Å². The molecule has 1 atom stereocenters. The summed E-state index contributed by atoms with van der Waals surface area (Å²) in [7, 11) is 3.12. The molecule has 0 radical (unpaired) electrons. The number of aromatic nitrogens is 2. The van der Waals surface area contributed by atoms with Crippen molar-refractivity contribution in [3.8, 4) is 11.5 Å². The molecule has 0 saturated carbocycles. The Balaban J connectivity index is 2.44. The van der Waals surface area contributed by atoms with E-state index in [0.29, 0.717) is 46.7 Å². The molecule has 6 heteroatoms. The zero-order valence-corrected chi connectivity index (χ0v) is 15.3. The van der Waals surface area contributed by atoms with Gasteiger partial charge in [-0.15, -0.1) is 0 Å². The topological polar surface area (TPSA) is 67.5 Å². The number of methoxy groups -OCH3 is 2. The van der Waals surface area contributed by atoms with E-state index in [9.17, 15) is 4.79 Å². The molecular weight excluding hydrogens is 306 g/mol. The Hall–Kier alpha value is -2.08. The first-order valence-electron chi connectivity index (χ1n) is 8.30. The van der Waals surface area contributed by atoms with Gasteiger partial charge >= 0.3 is 0 Å². The molecule has 6 nitrogen and oxygen atoms in total. The highest BCUT2D eigenvalue weighted by atomic mass is 16.5. The van der Waals surface area contributed by atoms with E-state index in [4.69, 9.17) is 9.47 Å². The summed E-state index contributed by atoms with van der Waals surface area (Å²) in [5, 5.41) is 0.497. The molecule has 0 aliphatic rings. The predicted molar refractivity (Wildman–Crippen MR) is 95.9 cm³/mol. The lowest BCUT2D eigenvalue weighted by Gasteiger charge is -2.30. The Kier molecular flexibility index (Phi) is 5.83. The first-order chi connectivity index (χ1) is 11.4. The Bertz CT molecular complexity index is 755. The SMILES string of the molecule is CCN(Cc1nc2cc(OC)c(OC)cc2c(=O)[nH]1)[C@H](C)C(C)C. The largest absolute Gasteiger partial charge is 0.493 e. The smallest absolute Gasteiger partial charge is 0.258 e. The van der Waals surface area contributed by atoms with E-state index < -0.39 is 0 Å². The molecule has 0 spiro atoms. The number of nitrogens with one attached hydrogen (secondary N) is 1. The monoisotopic (exact) mass is 333 g/mol. The molecule has 1 N–H and O–H groups in total. The predicted octanol–water partition coefficient (Wildman–Crippen LogP) is 2.81. The van der Waals surface area contributed by atoms with Crippen LogP contribution in [0.5, 0.6) is 11.5 Å². The summed E-state index contributed by atoms with van der Waals surface area (Å²) in [4.78, 5) is 22.2. The summed E-state index contributed by atoms with van der Waals surface area (Å²) in [6.07, 6.45) is 0. The Morgan fingerprint density at radius 2 is 1.79 bits per heavy atom. The molecule has 132 valence electrons. The van der Waals surface area contributed by atoms with Gasteiger partial charge in [0.1, 0.15) is 5.82 Å². The zero-order valence-electron chi connectivity index (χ0n) is 15.3. The van der Waals surface area contributed by atoms with Crippen molar-refractivity contribution in [3.05, 3.63) is 28.3 Å². The molecule has 1 heterocycles. The lowest BCUT2D eigenvalue weighted by molar-refractivity contribution is 0.165. The van der Waals surface area contributed by atoms with Gasteiger partial charge in [0, 0.05) is 12.1 Å². The zero-order chi connectivity index (χ0) is 17.9. The van der Waals surface area contributed by atoms with Crippen LogP contribution in [-0.4, -0.2) is 41.7 Å². The van der Waals surface area contributed by atoms with Crippen LogP contribution in [0.2, 0.25) is 0 Å². The van der Waals surface area contributed by atoms with Gasteiger partial charge in [-0.2, -0.15) is 0 Å². The highest BCUT2D eigenvalue weighted by Gasteiger charge is 2.18. The number of ether oxygens (including phenoxy) is 2. The van der Waals surface area contributed by atoms with Gasteiger partial charge < -0.3 is 14.5 Å². The van der Waals surface area contributed by atoms with Crippen molar-refractivity contribution in [2.45, 2.75) is 40.3 Å². The second-order valence-electron chi connectivity index (χ2n) is 6.28. The third-order valence-corrected chi connectivity index (χ3v) is 4.56. The van der Waals surface area contributed by atoms with Crippen LogP contribution in [0.15, 0.2) is 16.9 Å². The summed E-state index contributed by atoms with van der Waals surface area (Å²) in [5.74, 6) is 2.28. The molecule has 1 aromatic heterocycles. The van der Waals surface area contributed by atoms with Crippen molar-refractivity contribution in [2.75, 3.05) is 20.8 Å². The second kappa shape index (κ2) is 7.66. The van der Waals surface area contributed by atoms with E-state index in [-0.39, 0.29) is 5.56 Å². The molecule has 2 rings (SSSR count). The Morgan fingerprint density at radius 3 is 2.33 bits per heavy atom. The van der Waals surface area contributed by atoms with Crippen LogP contribution >= 0.6 is 0 Å². The maximum absolute atomic E-state index is 12.4. The minimum absolute atomic E-state index is 0.163.